The average molecular weight is 588 g/mol. The van der Waals surface area contributed by atoms with Crippen LogP contribution in [0.15, 0.2) is 35.2 Å². The van der Waals surface area contributed by atoms with E-state index in [-0.39, 0.29) is 36.4 Å². The Morgan fingerprint density at radius 1 is 1.14 bits per heavy atom. The Balaban J connectivity index is 1.96. The quantitative estimate of drug-likeness (QED) is 0.288. The Morgan fingerprint density at radius 3 is 2.11 bits per heavy atom. The molecule has 1 heterocycles. The molecule has 0 spiro atoms. The van der Waals surface area contributed by atoms with Crippen molar-refractivity contribution in [2.24, 2.45) is 5.73 Å². The van der Waals surface area contributed by atoms with E-state index < -0.39 is 71.6 Å². The van der Waals surface area contributed by atoms with Crippen molar-refractivity contribution in [2.45, 2.75) is 29.7 Å². The summed E-state index contributed by atoms with van der Waals surface area (Å²) in [5.74, 6) is -3.06. The highest BCUT2D eigenvalue weighted by Crippen LogP contribution is 3.02. The van der Waals surface area contributed by atoms with E-state index in [1.54, 1.807) is 6.07 Å². The van der Waals surface area contributed by atoms with E-state index >= 15 is 0 Å². The van der Waals surface area contributed by atoms with Crippen LogP contribution in [-0.4, -0.2) is 15.7 Å². The van der Waals surface area contributed by atoms with Crippen LogP contribution in [0.2, 0.25) is 10.0 Å². The molecular formula is C21H14Cl2F7N5OS. The zero-order chi connectivity index (χ0) is 27.6. The first-order valence-corrected chi connectivity index (χ1v) is 12.8. The zero-order valence-electron chi connectivity index (χ0n) is 18.1. The summed E-state index contributed by atoms with van der Waals surface area (Å²) in [5.41, 5.74) is 2.55. The molecule has 6 nitrogen and oxygen atoms in total. The fourth-order valence-corrected chi connectivity index (χ4v) is 5.32. The number of hydrogen-bond acceptors (Lipinski definition) is 4. The largest absolute Gasteiger partial charge is 0.369 e. The van der Waals surface area contributed by atoms with Crippen LogP contribution in [0, 0.1) is 23.0 Å². The van der Waals surface area contributed by atoms with Gasteiger partial charge in [0.05, 0.1) is 15.5 Å². The number of nitrogens with zero attached hydrogens (tertiary/aromatic N) is 3. The second-order valence-corrected chi connectivity index (χ2v) is 11.5. The summed E-state index contributed by atoms with van der Waals surface area (Å²) >= 11 is 11.9. The minimum absolute atomic E-state index is 0.0565. The van der Waals surface area contributed by atoms with Crippen LogP contribution < -0.4 is 11.1 Å². The lowest BCUT2D eigenvalue weighted by Crippen LogP contribution is -2.29. The number of primary amides is 1. The summed E-state index contributed by atoms with van der Waals surface area (Å²) in [6, 6.07) is 4.67. The van der Waals surface area contributed by atoms with E-state index in [2.05, 4.69) is 10.4 Å². The summed E-state index contributed by atoms with van der Waals surface area (Å²) in [5, 5.41) is 14.4. The lowest BCUT2D eigenvalue weighted by molar-refractivity contribution is -0.120. The normalized spacial score (nSPS) is 16.4. The van der Waals surface area contributed by atoms with Gasteiger partial charge in [-0.25, -0.2) is 13.5 Å². The summed E-state index contributed by atoms with van der Waals surface area (Å²) in [6.07, 6.45) is 0.326. The van der Waals surface area contributed by atoms with Crippen LogP contribution in [0.5, 0.6) is 0 Å². The van der Waals surface area contributed by atoms with Gasteiger partial charge in [0.15, 0.2) is 5.69 Å². The number of aromatic nitrogens is 2. The van der Waals surface area contributed by atoms with E-state index in [4.69, 9.17) is 28.9 Å². The lowest BCUT2D eigenvalue weighted by atomic mass is 9.94. The number of rotatable bonds is 7. The van der Waals surface area contributed by atoms with Gasteiger partial charge in [-0.1, -0.05) is 48.7 Å². The number of carbonyl (C=O) groups excluding carboxylic acids is 1. The topological polar surface area (TPSA) is 96.7 Å². The molecule has 1 aliphatic rings. The van der Waals surface area contributed by atoms with E-state index in [9.17, 15) is 38.3 Å². The van der Waals surface area contributed by atoms with Crippen LogP contribution in [-0.2, 0) is 16.8 Å². The smallest absolute Gasteiger partial charge is 0.310 e. The van der Waals surface area contributed by atoms with Gasteiger partial charge in [-0.05, 0) is 37.1 Å². The number of nitrogens with one attached hydrogen (secondary N) is 1. The average Bonchev–Trinajstić information content (AvgIpc) is 3.48. The summed E-state index contributed by atoms with van der Waals surface area (Å²) in [6.45, 7) is -0.588. The van der Waals surface area contributed by atoms with Gasteiger partial charge in [-0.15, -0.1) is 0 Å². The molecule has 1 aliphatic carbocycles. The second kappa shape index (κ2) is 7.92. The highest BCUT2D eigenvalue weighted by atomic mass is 35.5. The second-order valence-electron chi connectivity index (χ2n) is 8.30. The van der Waals surface area contributed by atoms with E-state index in [1.807, 2.05) is 0 Å². The maximum atomic E-state index is 14.2. The number of amides is 1. The van der Waals surface area contributed by atoms with Crippen LogP contribution in [0.1, 0.15) is 29.7 Å². The molecular weight excluding hydrogens is 574 g/mol. The van der Waals surface area contributed by atoms with E-state index in [1.165, 1.54) is 0 Å². The van der Waals surface area contributed by atoms with Crippen molar-refractivity contribution in [2.75, 3.05) is 5.32 Å². The number of nitriles is 1. The number of hydrogen-bond donors (Lipinski definition) is 2. The summed E-state index contributed by atoms with van der Waals surface area (Å²) in [4.78, 5) is 9.89. The molecule has 1 fully saturated rings. The Hall–Kier alpha value is -3.15. The molecule has 198 valence electrons. The van der Waals surface area contributed by atoms with Crippen LogP contribution in [0.3, 0.4) is 0 Å². The van der Waals surface area contributed by atoms with Crippen molar-refractivity contribution >= 4 is 45.2 Å². The van der Waals surface area contributed by atoms with Crippen molar-refractivity contribution in [1.29, 1.82) is 5.26 Å². The molecule has 0 bridgehead atoms. The maximum absolute atomic E-state index is 14.2. The number of carbonyl (C=O) groups is 1. The van der Waals surface area contributed by atoms with Crippen LogP contribution in [0.25, 0.3) is 5.69 Å². The van der Waals surface area contributed by atoms with Gasteiger partial charge >= 0.3 is 10.2 Å². The number of benzene rings is 2. The standard InChI is InChI=1S/C21H14Cl2F7N5OS/c22-12-6-10(37(26,27,28,29)30)7-13(23)18(12)35-19(33-9-11-14(24)2-1-3-15(11)25)17(16(8-31)34-35)21(4-5-21)20(32)36/h1-3,6-7,33H,4-5,9H2,(H2,32,36). The number of anilines is 1. The zero-order valence-corrected chi connectivity index (χ0v) is 20.5. The predicted molar refractivity (Wildman–Crippen MR) is 123 cm³/mol. The van der Waals surface area contributed by atoms with Gasteiger partial charge in [-0.2, -0.15) is 10.4 Å². The molecule has 4 rings (SSSR count). The summed E-state index contributed by atoms with van der Waals surface area (Å²) < 4.78 is 96.0. The third-order valence-corrected chi connectivity index (χ3v) is 7.54. The molecule has 0 radical (unpaired) electrons. The van der Waals surface area contributed by atoms with Crippen molar-refractivity contribution < 1.29 is 33.0 Å². The maximum Gasteiger partial charge on any atom is 0.310 e. The van der Waals surface area contributed by atoms with Gasteiger partial charge in [-0.3, -0.25) is 4.79 Å². The first-order valence-electron chi connectivity index (χ1n) is 10.1. The van der Waals surface area contributed by atoms with Crippen molar-refractivity contribution in [1.82, 2.24) is 9.78 Å². The highest BCUT2D eigenvalue weighted by Gasteiger charge is 2.65. The monoisotopic (exact) mass is 587 g/mol. The predicted octanol–water partition coefficient (Wildman–Crippen LogP) is 7.12. The van der Waals surface area contributed by atoms with Crippen LogP contribution >= 0.6 is 33.4 Å². The highest BCUT2D eigenvalue weighted by molar-refractivity contribution is 8.45. The van der Waals surface area contributed by atoms with Crippen molar-refractivity contribution in [3.8, 4) is 11.8 Å². The summed E-state index contributed by atoms with van der Waals surface area (Å²) in [7, 11) is -10.2. The molecule has 16 heteroatoms. The molecule has 1 saturated carbocycles. The minimum Gasteiger partial charge on any atom is -0.369 e. The fourth-order valence-electron chi connectivity index (χ4n) is 3.86. The third kappa shape index (κ3) is 4.78. The van der Waals surface area contributed by atoms with Gasteiger partial charge < -0.3 is 11.1 Å². The molecule has 0 saturated heterocycles. The Kier molecular flexibility index (Phi) is 5.76. The molecule has 3 N–H and O–H groups in total. The molecule has 0 aliphatic heterocycles. The van der Waals surface area contributed by atoms with Gasteiger partial charge in [0.25, 0.3) is 0 Å². The van der Waals surface area contributed by atoms with Crippen molar-refractivity contribution in [3.05, 3.63) is 68.8 Å². The first-order chi connectivity index (χ1) is 16.9. The van der Waals surface area contributed by atoms with E-state index in [0.29, 0.717) is 0 Å². The minimum atomic E-state index is -10.2. The molecule has 0 atom stereocenters. The fraction of sp³-hybridized carbons (Fsp3) is 0.190. The lowest BCUT2D eigenvalue weighted by Gasteiger charge is -2.40. The van der Waals surface area contributed by atoms with Gasteiger partial charge in [0.1, 0.15) is 34.1 Å². The molecule has 0 unspecified atom stereocenters. The Morgan fingerprint density at radius 2 is 1.68 bits per heavy atom. The SMILES string of the molecule is N#Cc1nn(-c2c(Cl)cc(S(F)(F)(F)(F)F)cc2Cl)c(NCc2c(F)cccc2F)c1C1(C(N)=O)CC1. The van der Waals surface area contributed by atoms with E-state index in [0.717, 1.165) is 22.9 Å². The first kappa shape index (κ1) is 26.9. The van der Waals surface area contributed by atoms with Crippen LogP contribution in [0.4, 0.5) is 34.0 Å². The Labute approximate surface area is 214 Å². The van der Waals surface area contributed by atoms with Gasteiger partial charge in [0.2, 0.25) is 5.91 Å². The molecule has 1 aromatic heterocycles. The molecule has 37 heavy (non-hydrogen) atoms. The Bertz CT molecular complexity index is 1470. The number of nitrogens with two attached hydrogens (primary N) is 1. The molecule has 3 aromatic rings. The molecule has 1 amide bonds. The third-order valence-electron chi connectivity index (χ3n) is 5.83. The van der Waals surface area contributed by atoms with Gasteiger partial charge in [0, 0.05) is 17.7 Å². The molecule has 2 aromatic carbocycles. The van der Waals surface area contributed by atoms with Crippen molar-refractivity contribution in [3.63, 3.8) is 0 Å². The number of halogens is 9.